The van der Waals surface area contributed by atoms with Gasteiger partial charge in [0.2, 0.25) is 5.88 Å². The summed E-state index contributed by atoms with van der Waals surface area (Å²) in [6, 6.07) is 3.83. The van der Waals surface area contributed by atoms with E-state index in [4.69, 9.17) is 4.74 Å². The summed E-state index contributed by atoms with van der Waals surface area (Å²) in [5.74, 6) is 0.627. The summed E-state index contributed by atoms with van der Waals surface area (Å²) in [5, 5.41) is 3.27. The van der Waals surface area contributed by atoms with Crippen molar-refractivity contribution >= 4 is 0 Å². The second-order valence-electron chi connectivity index (χ2n) is 3.51. The van der Waals surface area contributed by atoms with Crippen LogP contribution in [-0.2, 0) is 13.1 Å². The van der Waals surface area contributed by atoms with Gasteiger partial charge in [-0.3, -0.25) is 9.97 Å². The van der Waals surface area contributed by atoms with E-state index in [1.165, 1.54) is 0 Å². The fourth-order valence-electron chi connectivity index (χ4n) is 1.39. The molecule has 2 rings (SSSR count). The summed E-state index contributed by atoms with van der Waals surface area (Å²) in [6.45, 7) is 1.44. The lowest BCUT2D eigenvalue weighted by atomic mass is 10.3. The largest absolute Gasteiger partial charge is 0.481 e. The van der Waals surface area contributed by atoms with Gasteiger partial charge in [0, 0.05) is 43.9 Å². The van der Waals surface area contributed by atoms with Crippen molar-refractivity contribution in [3.8, 4) is 5.88 Å². The van der Waals surface area contributed by atoms with E-state index in [0.717, 1.165) is 17.8 Å². The van der Waals surface area contributed by atoms with Gasteiger partial charge in [-0.1, -0.05) is 6.07 Å². The van der Waals surface area contributed by atoms with Crippen LogP contribution >= 0.6 is 0 Å². The van der Waals surface area contributed by atoms with Crippen LogP contribution in [0.2, 0.25) is 0 Å². The van der Waals surface area contributed by atoms with Crippen molar-refractivity contribution in [1.82, 2.24) is 20.3 Å². The molecule has 0 unspecified atom stereocenters. The van der Waals surface area contributed by atoms with Crippen molar-refractivity contribution in [2.45, 2.75) is 13.1 Å². The first-order chi connectivity index (χ1) is 8.38. The smallest absolute Gasteiger partial charge is 0.212 e. The van der Waals surface area contributed by atoms with Gasteiger partial charge in [-0.05, 0) is 5.56 Å². The second kappa shape index (κ2) is 5.91. The first-order valence-corrected chi connectivity index (χ1v) is 5.33. The number of methoxy groups -OCH3 is 1. The zero-order valence-corrected chi connectivity index (χ0v) is 9.63. The molecule has 0 atom stereocenters. The van der Waals surface area contributed by atoms with E-state index in [1.54, 1.807) is 31.9 Å². The van der Waals surface area contributed by atoms with Crippen molar-refractivity contribution in [3.63, 3.8) is 0 Å². The number of ether oxygens (including phenoxy) is 1. The Morgan fingerprint density at radius 1 is 1.12 bits per heavy atom. The van der Waals surface area contributed by atoms with Gasteiger partial charge in [-0.2, -0.15) is 0 Å². The maximum absolute atomic E-state index is 4.99. The maximum atomic E-state index is 4.99. The minimum atomic E-state index is 0.627. The van der Waals surface area contributed by atoms with Gasteiger partial charge >= 0.3 is 0 Å². The van der Waals surface area contributed by atoms with Crippen LogP contribution in [-0.4, -0.2) is 22.1 Å². The molecule has 0 amide bonds. The average molecular weight is 230 g/mol. The third-order valence-corrected chi connectivity index (χ3v) is 2.26. The molecule has 5 heteroatoms. The molecular weight excluding hydrogens is 216 g/mol. The molecule has 0 saturated carbocycles. The van der Waals surface area contributed by atoms with Gasteiger partial charge in [0.15, 0.2) is 0 Å². The Balaban J connectivity index is 1.82. The Labute approximate surface area is 99.9 Å². The maximum Gasteiger partial charge on any atom is 0.212 e. The zero-order chi connectivity index (χ0) is 11.9. The predicted octanol–water partition coefficient (Wildman–Crippen LogP) is 1.17. The fourth-order valence-corrected chi connectivity index (χ4v) is 1.39. The Kier molecular flexibility index (Phi) is 3.99. The van der Waals surface area contributed by atoms with Gasteiger partial charge in [-0.25, -0.2) is 4.98 Å². The zero-order valence-electron chi connectivity index (χ0n) is 9.63. The molecule has 0 radical (unpaired) electrons. The van der Waals surface area contributed by atoms with E-state index < -0.39 is 0 Å². The lowest BCUT2D eigenvalue weighted by Gasteiger charge is -2.04. The molecule has 17 heavy (non-hydrogen) atoms. The van der Waals surface area contributed by atoms with E-state index in [-0.39, 0.29) is 0 Å². The third kappa shape index (κ3) is 3.49. The molecule has 1 N–H and O–H groups in total. The Morgan fingerprint density at radius 3 is 2.71 bits per heavy atom. The minimum Gasteiger partial charge on any atom is -0.481 e. The van der Waals surface area contributed by atoms with E-state index in [0.29, 0.717) is 12.4 Å². The van der Waals surface area contributed by atoms with Crippen molar-refractivity contribution < 1.29 is 4.74 Å². The third-order valence-electron chi connectivity index (χ3n) is 2.26. The summed E-state index contributed by atoms with van der Waals surface area (Å²) in [6.07, 6.45) is 6.89. The molecule has 5 nitrogen and oxygen atoms in total. The van der Waals surface area contributed by atoms with Gasteiger partial charge in [-0.15, -0.1) is 0 Å². The molecule has 0 aliphatic carbocycles. The molecule has 2 aromatic heterocycles. The summed E-state index contributed by atoms with van der Waals surface area (Å²) < 4.78 is 4.99. The second-order valence-corrected chi connectivity index (χ2v) is 3.51. The lowest BCUT2D eigenvalue weighted by Crippen LogP contribution is -2.13. The molecule has 0 fully saturated rings. The standard InChI is InChI=1S/C12H14N4O/c1-17-12-3-2-10(7-16-12)6-14-9-11-8-13-4-5-15-11/h2-5,7-8,14H,6,9H2,1H3. The molecule has 0 aromatic carbocycles. The van der Waals surface area contributed by atoms with Crippen LogP contribution < -0.4 is 10.1 Å². The Bertz CT molecular complexity index is 444. The minimum absolute atomic E-state index is 0.627. The predicted molar refractivity (Wildman–Crippen MR) is 63.4 cm³/mol. The van der Waals surface area contributed by atoms with Crippen LogP contribution in [0.5, 0.6) is 5.88 Å². The van der Waals surface area contributed by atoms with E-state index in [1.807, 2.05) is 12.1 Å². The van der Waals surface area contributed by atoms with Gasteiger partial charge < -0.3 is 10.1 Å². The number of nitrogens with zero attached hydrogens (tertiary/aromatic N) is 3. The topological polar surface area (TPSA) is 59.9 Å². The van der Waals surface area contributed by atoms with Gasteiger partial charge in [0.1, 0.15) is 0 Å². The number of hydrogen-bond donors (Lipinski definition) is 1. The molecule has 88 valence electrons. The lowest BCUT2D eigenvalue weighted by molar-refractivity contribution is 0.397. The van der Waals surface area contributed by atoms with Crippen LogP contribution in [0.25, 0.3) is 0 Å². The number of nitrogens with one attached hydrogen (secondary N) is 1. The molecule has 2 heterocycles. The number of pyridine rings is 1. The molecule has 0 saturated heterocycles. The summed E-state index contributed by atoms with van der Waals surface area (Å²) in [4.78, 5) is 12.3. The average Bonchev–Trinajstić information content (AvgIpc) is 2.41. The SMILES string of the molecule is COc1ccc(CNCc2cnccn2)cn1. The summed E-state index contributed by atoms with van der Waals surface area (Å²) in [7, 11) is 1.61. The van der Waals surface area contributed by atoms with Crippen LogP contribution in [0.3, 0.4) is 0 Å². The highest BCUT2D eigenvalue weighted by molar-refractivity contribution is 5.17. The number of aromatic nitrogens is 3. The monoisotopic (exact) mass is 230 g/mol. The highest BCUT2D eigenvalue weighted by Crippen LogP contribution is 2.06. The molecule has 0 aliphatic rings. The van der Waals surface area contributed by atoms with Crippen LogP contribution in [0.15, 0.2) is 36.9 Å². The van der Waals surface area contributed by atoms with Crippen molar-refractivity contribution in [2.75, 3.05) is 7.11 Å². The van der Waals surface area contributed by atoms with E-state index in [2.05, 4.69) is 20.3 Å². The van der Waals surface area contributed by atoms with Crippen molar-refractivity contribution in [3.05, 3.63) is 48.2 Å². The Morgan fingerprint density at radius 2 is 2.06 bits per heavy atom. The van der Waals surface area contributed by atoms with Crippen molar-refractivity contribution in [1.29, 1.82) is 0 Å². The number of rotatable bonds is 5. The van der Waals surface area contributed by atoms with Crippen LogP contribution in [0.4, 0.5) is 0 Å². The first kappa shape index (κ1) is 11.5. The highest BCUT2D eigenvalue weighted by atomic mass is 16.5. The van der Waals surface area contributed by atoms with Crippen LogP contribution in [0, 0.1) is 0 Å². The van der Waals surface area contributed by atoms with E-state index >= 15 is 0 Å². The van der Waals surface area contributed by atoms with Gasteiger partial charge in [0.05, 0.1) is 12.8 Å². The summed E-state index contributed by atoms with van der Waals surface area (Å²) in [5.41, 5.74) is 2.03. The fraction of sp³-hybridized carbons (Fsp3) is 0.250. The summed E-state index contributed by atoms with van der Waals surface area (Å²) >= 11 is 0. The van der Waals surface area contributed by atoms with Crippen molar-refractivity contribution in [2.24, 2.45) is 0 Å². The van der Waals surface area contributed by atoms with Crippen LogP contribution in [0.1, 0.15) is 11.3 Å². The molecule has 0 bridgehead atoms. The molecule has 0 spiro atoms. The molecular formula is C12H14N4O. The molecule has 0 aliphatic heterocycles. The molecule has 2 aromatic rings. The first-order valence-electron chi connectivity index (χ1n) is 5.33. The number of hydrogen-bond acceptors (Lipinski definition) is 5. The van der Waals surface area contributed by atoms with Gasteiger partial charge in [0.25, 0.3) is 0 Å². The van der Waals surface area contributed by atoms with E-state index in [9.17, 15) is 0 Å². The quantitative estimate of drug-likeness (QED) is 0.835. The normalized spacial score (nSPS) is 10.2. The highest BCUT2D eigenvalue weighted by Gasteiger charge is 1.96. The Hall–Kier alpha value is -2.01.